The van der Waals surface area contributed by atoms with E-state index in [0.29, 0.717) is 0 Å². The lowest BCUT2D eigenvalue weighted by molar-refractivity contribution is -0.113. The number of nitrogens with one attached hydrogen (secondary N) is 1. The Balaban J connectivity index is 0.00000106. The molecule has 3 heterocycles. The van der Waals surface area contributed by atoms with Crippen molar-refractivity contribution >= 4 is 17.4 Å². The minimum Gasteiger partial charge on any atom is -0.354 e. The molecule has 1 amide bonds. The lowest BCUT2D eigenvalue weighted by atomic mass is 9.87. The maximum Gasteiger partial charge on any atom is 0.252 e. The Morgan fingerprint density at radius 1 is 1.00 bits per heavy atom. The highest BCUT2D eigenvalue weighted by atomic mass is 16.1. The Morgan fingerprint density at radius 3 is 2.53 bits per heavy atom. The van der Waals surface area contributed by atoms with Crippen LogP contribution in [0.2, 0.25) is 0 Å². The SMILES string of the molecule is CC.O=C1Nc2ccc(N3CCN(C4CCCCC4)CC3)nc2C2CCC=CC=C12. The molecule has 0 bridgehead atoms. The Bertz CT molecular complexity index is 801. The highest BCUT2D eigenvalue weighted by molar-refractivity contribution is 6.07. The lowest BCUT2D eigenvalue weighted by Gasteiger charge is -2.41. The maximum absolute atomic E-state index is 12.5. The molecule has 1 atom stereocenters. The predicted octanol–water partition coefficient (Wildman–Crippen LogP) is 4.87. The zero-order valence-electron chi connectivity index (χ0n) is 18.6. The largest absolute Gasteiger partial charge is 0.354 e. The molecule has 2 aliphatic carbocycles. The Hall–Kier alpha value is -2.14. The second kappa shape index (κ2) is 9.78. The third-order valence-electron chi connectivity index (χ3n) is 6.89. The fraction of sp³-hybridized carbons (Fsp3) is 0.600. The quantitative estimate of drug-likeness (QED) is 0.758. The van der Waals surface area contributed by atoms with Gasteiger partial charge >= 0.3 is 0 Å². The van der Waals surface area contributed by atoms with Crippen LogP contribution in [-0.2, 0) is 4.79 Å². The van der Waals surface area contributed by atoms with Gasteiger partial charge in [-0.05, 0) is 37.8 Å². The summed E-state index contributed by atoms with van der Waals surface area (Å²) >= 11 is 0. The van der Waals surface area contributed by atoms with Crippen LogP contribution in [0.1, 0.15) is 70.4 Å². The molecule has 2 fully saturated rings. The van der Waals surface area contributed by atoms with Gasteiger partial charge in [0, 0.05) is 43.7 Å². The molecular weight excluding hydrogens is 372 g/mol. The molecule has 1 unspecified atom stereocenters. The van der Waals surface area contributed by atoms with Gasteiger partial charge in [0.15, 0.2) is 0 Å². The summed E-state index contributed by atoms with van der Waals surface area (Å²) in [5.74, 6) is 1.21. The summed E-state index contributed by atoms with van der Waals surface area (Å²) in [5, 5.41) is 3.04. The van der Waals surface area contributed by atoms with Gasteiger partial charge in [0.05, 0.1) is 11.4 Å². The number of hydrogen-bond acceptors (Lipinski definition) is 4. The first kappa shape index (κ1) is 21.1. The number of pyridine rings is 1. The molecule has 1 aromatic heterocycles. The molecule has 0 spiro atoms. The van der Waals surface area contributed by atoms with E-state index < -0.39 is 0 Å². The number of allylic oxidation sites excluding steroid dienone is 3. The number of hydrogen-bond donors (Lipinski definition) is 1. The Kier molecular flexibility index (Phi) is 6.88. The molecule has 2 aliphatic heterocycles. The molecule has 4 aliphatic rings. The van der Waals surface area contributed by atoms with E-state index >= 15 is 0 Å². The number of carbonyl (C=O) groups is 1. The number of anilines is 2. The zero-order valence-corrected chi connectivity index (χ0v) is 18.6. The zero-order chi connectivity index (χ0) is 20.9. The van der Waals surface area contributed by atoms with Crippen molar-refractivity contribution in [1.29, 1.82) is 0 Å². The number of carbonyl (C=O) groups excluding carboxylic acids is 1. The average Bonchev–Trinajstić information content (AvgIpc) is 3.08. The van der Waals surface area contributed by atoms with Crippen LogP contribution in [0.25, 0.3) is 0 Å². The highest BCUT2D eigenvalue weighted by Crippen LogP contribution is 2.39. The van der Waals surface area contributed by atoms with E-state index in [1.165, 1.54) is 32.1 Å². The van der Waals surface area contributed by atoms with E-state index in [4.69, 9.17) is 4.98 Å². The summed E-state index contributed by atoms with van der Waals surface area (Å²) in [6.07, 6.45) is 15.0. The first-order valence-corrected chi connectivity index (χ1v) is 12.0. The highest BCUT2D eigenvalue weighted by Gasteiger charge is 2.33. The summed E-state index contributed by atoms with van der Waals surface area (Å²) in [7, 11) is 0. The van der Waals surface area contributed by atoms with Crippen LogP contribution < -0.4 is 10.2 Å². The van der Waals surface area contributed by atoms with Gasteiger partial charge in [-0.15, -0.1) is 0 Å². The minimum atomic E-state index is 0.0275. The van der Waals surface area contributed by atoms with Crippen molar-refractivity contribution in [2.24, 2.45) is 0 Å². The third-order valence-corrected chi connectivity index (χ3v) is 6.89. The standard InChI is InChI=1S/C23H30N4O.C2H6/c28-23-19-10-6-2-5-9-18(19)22-20(24-23)11-12-21(25-22)27-15-13-26(14-16-27)17-7-3-1-4-8-17;1-2/h2,6,10-12,17-18H,1,3-5,7-9,13-16H2,(H,24,28);1-2H3. The van der Waals surface area contributed by atoms with Crippen LogP contribution in [0.5, 0.6) is 0 Å². The van der Waals surface area contributed by atoms with Crippen LogP contribution in [0.3, 0.4) is 0 Å². The van der Waals surface area contributed by atoms with E-state index in [9.17, 15) is 4.79 Å². The minimum absolute atomic E-state index is 0.0275. The summed E-state index contributed by atoms with van der Waals surface area (Å²) in [4.78, 5) is 22.6. The molecule has 5 nitrogen and oxygen atoms in total. The average molecular weight is 409 g/mol. The van der Waals surface area contributed by atoms with Crippen molar-refractivity contribution in [3.63, 3.8) is 0 Å². The van der Waals surface area contributed by atoms with Crippen molar-refractivity contribution in [3.05, 3.63) is 41.6 Å². The Labute approximate surface area is 181 Å². The van der Waals surface area contributed by atoms with E-state index in [1.807, 2.05) is 26.0 Å². The number of fused-ring (bicyclic) bond motifs is 3. The normalized spacial score (nSPS) is 24.6. The number of amides is 1. The summed E-state index contributed by atoms with van der Waals surface area (Å²) < 4.78 is 0. The molecule has 162 valence electrons. The van der Waals surface area contributed by atoms with Crippen LogP contribution >= 0.6 is 0 Å². The van der Waals surface area contributed by atoms with Crippen molar-refractivity contribution in [3.8, 4) is 0 Å². The number of aromatic nitrogens is 1. The van der Waals surface area contributed by atoms with Gasteiger partial charge in [-0.1, -0.05) is 51.3 Å². The van der Waals surface area contributed by atoms with E-state index in [-0.39, 0.29) is 11.8 Å². The van der Waals surface area contributed by atoms with Crippen molar-refractivity contribution < 1.29 is 4.79 Å². The molecule has 5 heteroatoms. The molecule has 1 saturated heterocycles. The molecule has 1 aromatic rings. The van der Waals surface area contributed by atoms with Gasteiger partial charge in [-0.3, -0.25) is 9.69 Å². The fourth-order valence-electron chi connectivity index (χ4n) is 5.29. The van der Waals surface area contributed by atoms with E-state index in [0.717, 1.165) is 67.8 Å². The second-order valence-electron chi connectivity index (χ2n) is 8.55. The van der Waals surface area contributed by atoms with Gasteiger partial charge in [-0.25, -0.2) is 4.98 Å². The van der Waals surface area contributed by atoms with E-state index in [2.05, 4.69) is 33.3 Å². The van der Waals surface area contributed by atoms with Crippen LogP contribution in [0.4, 0.5) is 11.5 Å². The van der Waals surface area contributed by atoms with Crippen LogP contribution in [0, 0.1) is 0 Å². The molecule has 30 heavy (non-hydrogen) atoms. The molecular formula is C25H36N4O. The summed E-state index contributed by atoms with van der Waals surface area (Å²) in [6.45, 7) is 8.37. The topological polar surface area (TPSA) is 48.5 Å². The number of nitrogens with zero attached hydrogens (tertiary/aromatic N) is 3. The third kappa shape index (κ3) is 4.31. The van der Waals surface area contributed by atoms with Crippen LogP contribution in [-0.4, -0.2) is 48.0 Å². The fourth-order valence-corrected chi connectivity index (χ4v) is 5.29. The maximum atomic E-state index is 12.5. The molecule has 5 rings (SSSR count). The van der Waals surface area contributed by atoms with E-state index in [1.54, 1.807) is 0 Å². The second-order valence-corrected chi connectivity index (χ2v) is 8.55. The molecule has 1 N–H and O–H groups in total. The smallest absolute Gasteiger partial charge is 0.252 e. The number of rotatable bonds is 2. The Morgan fingerprint density at radius 2 is 1.77 bits per heavy atom. The first-order valence-electron chi connectivity index (χ1n) is 12.0. The van der Waals surface area contributed by atoms with Crippen molar-refractivity contribution in [2.75, 3.05) is 36.4 Å². The van der Waals surface area contributed by atoms with Gasteiger partial charge in [0.2, 0.25) is 0 Å². The predicted molar refractivity (Wildman–Crippen MR) is 124 cm³/mol. The van der Waals surface area contributed by atoms with Crippen LogP contribution in [0.15, 0.2) is 35.9 Å². The lowest BCUT2D eigenvalue weighted by Crippen LogP contribution is -2.51. The van der Waals surface area contributed by atoms with Gasteiger partial charge in [0.25, 0.3) is 5.91 Å². The van der Waals surface area contributed by atoms with Crippen molar-refractivity contribution in [2.45, 2.75) is 70.8 Å². The number of piperazine rings is 1. The van der Waals surface area contributed by atoms with Crippen molar-refractivity contribution in [1.82, 2.24) is 9.88 Å². The van der Waals surface area contributed by atoms with Gasteiger partial charge in [0.1, 0.15) is 5.82 Å². The van der Waals surface area contributed by atoms with Gasteiger partial charge < -0.3 is 10.2 Å². The molecule has 1 saturated carbocycles. The molecule has 0 radical (unpaired) electrons. The monoisotopic (exact) mass is 408 g/mol. The van der Waals surface area contributed by atoms with Gasteiger partial charge in [-0.2, -0.15) is 0 Å². The summed E-state index contributed by atoms with van der Waals surface area (Å²) in [6, 6.07) is 4.94. The summed E-state index contributed by atoms with van der Waals surface area (Å²) in [5.41, 5.74) is 2.79. The molecule has 0 aromatic carbocycles. The first-order chi connectivity index (χ1) is 14.8.